The highest BCUT2D eigenvalue weighted by Gasteiger charge is 2.37. The maximum Gasteiger partial charge on any atom is 0.166 e. The van der Waals surface area contributed by atoms with Gasteiger partial charge in [0.25, 0.3) is 0 Å². The first-order valence-corrected chi connectivity index (χ1v) is 7.48. The number of hydrogen-bond acceptors (Lipinski definition) is 2. The third-order valence-electron chi connectivity index (χ3n) is 4.81. The third-order valence-corrected chi connectivity index (χ3v) is 4.81. The van der Waals surface area contributed by atoms with Crippen molar-refractivity contribution in [1.82, 2.24) is 0 Å². The summed E-state index contributed by atoms with van der Waals surface area (Å²) in [7, 11) is 0. The normalized spacial score (nSPS) is 23.2. The molecule has 104 valence electrons. The van der Waals surface area contributed by atoms with E-state index in [1.54, 1.807) is 0 Å². The van der Waals surface area contributed by atoms with Crippen molar-refractivity contribution >= 4 is 11.6 Å². The Labute approximate surface area is 123 Å². The predicted molar refractivity (Wildman–Crippen MR) is 80.6 cm³/mol. The first kappa shape index (κ1) is 12.5. The van der Waals surface area contributed by atoms with Gasteiger partial charge in [-0.3, -0.25) is 9.59 Å². The van der Waals surface area contributed by atoms with Crippen LogP contribution < -0.4 is 0 Å². The highest BCUT2D eigenvalue weighted by Crippen LogP contribution is 2.36. The van der Waals surface area contributed by atoms with Crippen LogP contribution in [0.4, 0.5) is 0 Å². The number of carbonyl (C=O) groups excluding carboxylic acids is 2. The van der Waals surface area contributed by atoms with Crippen molar-refractivity contribution < 1.29 is 9.59 Å². The molecule has 21 heavy (non-hydrogen) atoms. The zero-order chi connectivity index (χ0) is 14.4. The van der Waals surface area contributed by atoms with E-state index in [9.17, 15) is 9.59 Å². The average Bonchev–Trinajstić information content (AvgIpc) is 2.99. The topological polar surface area (TPSA) is 34.1 Å². The Morgan fingerprint density at radius 1 is 0.714 bits per heavy atom. The van der Waals surface area contributed by atoms with E-state index in [1.807, 2.05) is 48.5 Å². The van der Waals surface area contributed by atoms with Crippen LogP contribution in [-0.2, 0) is 12.8 Å². The van der Waals surface area contributed by atoms with E-state index in [2.05, 4.69) is 0 Å². The van der Waals surface area contributed by atoms with Gasteiger partial charge in [0.1, 0.15) is 0 Å². The van der Waals surface area contributed by atoms with E-state index >= 15 is 0 Å². The van der Waals surface area contributed by atoms with Crippen LogP contribution in [0.15, 0.2) is 48.5 Å². The molecule has 0 N–H and O–H groups in total. The van der Waals surface area contributed by atoms with Gasteiger partial charge < -0.3 is 0 Å². The van der Waals surface area contributed by atoms with E-state index in [1.165, 1.54) is 0 Å². The van der Waals surface area contributed by atoms with Crippen molar-refractivity contribution in [3.63, 3.8) is 0 Å². The summed E-state index contributed by atoms with van der Waals surface area (Å²) in [6, 6.07) is 15.6. The molecule has 2 aromatic rings. The Morgan fingerprint density at radius 3 is 1.57 bits per heavy atom. The van der Waals surface area contributed by atoms with E-state index in [4.69, 9.17) is 0 Å². The standard InChI is InChI=1S/C19H16O2/c20-18-14(9-12-5-1-3-7-16(12)18)11-15-10-13-6-2-4-8-17(13)19(15)21/h1-8,14-15H,9-11H2. The molecule has 0 saturated heterocycles. The molecule has 2 heteroatoms. The third kappa shape index (κ3) is 1.94. The number of fused-ring (bicyclic) bond motifs is 2. The number of rotatable bonds is 2. The van der Waals surface area contributed by atoms with Gasteiger partial charge in [0, 0.05) is 23.0 Å². The summed E-state index contributed by atoms with van der Waals surface area (Å²) < 4.78 is 0. The highest BCUT2D eigenvalue weighted by molar-refractivity contribution is 6.04. The minimum absolute atomic E-state index is 0.0225. The summed E-state index contributed by atoms with van der Waals surface area (Å²) in [5.41, 5.74) is 3.97. The molecule has 2 aliphatic carbocycles. The Bertz CT molecular complexity index is 681. The van der Waals surface area contributed by atoms with Crippen molar-refractivity contribution in [3.05, 3.63) is 70.8 Å². The predicted octanol–water partition coefficient (Wildman–Crippen LogP) is 3.49. The van der Waals surface area contributed by atoms with Crippen LogP contribution in [-0.4, -0.2) is 11.6 Å². The van der Waals surface area contributed by atoms with Gasteiger partial charge in [-0.1, -0.05) is 48.5 Å². The molecular formula is C19H16O2. The molecule has 2 atom stereocenters. The van der Waals surface area contributed by atoms with Crippen LogP contribution in [0, 0.1) is 11.8 Å². The molecule has 2 nitrogen and oxygen atoms in total. The second-order valence-electron chi connectivity index (χ2n) is 6.08. The lowest BCUT2D eigenvalue weighted by Gasteiger charge is -2.12. The summed E-state index contributed by atoms with van der Waals surface area (Å²) in [5.74, 6) is 0.389. The highest BCUT2D eigenvalue weighted by atomic mass is 16.1. The van der Waals surface area contributed by atoms with Gasteiger partial charge in [-0.15, -0.1) is 0 Å². The first-order chi connectivity index (χ1) is 10.2. The minimum atomic E-state index is -0.0225. The molecule has 0 aromatic heterocycles. The maximum absolute atomic E-state index is 12.5. The molecule has 0 amide bonds. The lowest BCUT2D eigenvalue weighted by atomic mass is 9.89. The van der Waals surface area contributed by atoms with E-state index in [0.717, 1.165) is 35.1 Å². The van der Waals surface area contributed by atoms with E-state index in [0.29, 0.717) is 6.42 Å². The second kappa shape index (κ2) is 4.66. The van der Waals surface area contributed by atoms with Crippen molar-refractivity contribution in [1.29, 1.82) is 0 Å². The lowest BCUT2D eigenvalue weighted by molar-refractivity contribution is 0.0872. The summed E-state index contributed by atoms with van der Waals surface area (Å²) in [5, 5.41) is 0. The largest absolute Gasteiger partial charge is 0.294 e. The van der Waals surface area contributed by atoms with Crippen LogP contribution in [0.25, 0.3) is 0 Å². The molecule has 0 saturated carbocycles. The second-order valence-corrected chi connectivity index (χ2v) is 6.08. The molecule has 0 fully saturated rings. The monoisotopic (exact) mass is 276 g/mol. The van der Waals surface area contributed by atoms with Gasteiger partial charge in [-0.2, -0.15) is 0 Å². The zero-order valence-electron chi connectivity index (χ0n) is 11.7. The minimum Gasteiger partial charge on any atom is -0.294 e. The fourth-order valence-corrected chi connectivity index (χ4v) is 3.76. The number of ketones is 2. The van der Waals surface area contributed by atoms with Gasteiger partial charge in [0.15, 0.2) is 11.6 Å². The van der Waals surface area contributed by atoms with Gasteiger partial charge >= 0.3 is 0 Å². The molecular weight excluding hydrogens is 260 g/mol. The Kier molecular flexibility index (Phi) is 2.78. The summed E-state index contributed by atoms with van der Waals surface area (Å²) >= 11 is 0. The Balaban J connectivity index is 1.55. The van der Waals surface area contributed by atoms with Crippen LogP contribution >= 0.6 is 0 Å². The molecule has 0 radical (unpaired) electrons. The Hall–Kier alpha value is -2.22. The average molecular weight is 276 g/mol. The lowest BCUT2D eigenvalue weighted by Crippen LogP contribution is -2.18. The van der Waals surface area contributed by atoms with Crippen LogP contribution in [0.1, 0.15) is 38.3 Å². The molecule has 0 heterocycles. The number of carbonyl (C=O) groups is 2. The SMILES string of the molecule is O=C1c2ccccc2CC1CC1Cc2ccccc2C1=O. The molecule has 2 aromatic carbocycles. The van der Waals surface area contributed by atoms with Crippen molar-refractivity contribution in [2.75, 3.05) is 0 Å². The summed E-state index contributed by atoms with van der Waals surface area (Å²) in [6.07, 6.45) is 2.26. The number of hydrogen-bond donors (Lipinski definition) is 0. The fraction of sp³-hybridized carbons (Fsp3) is 0.263. The molecule has 2 aliphatic rings. The first-order valence-electron chi connectivity index (χ1n) is 7.48. The van der Waals surface area contributed by atoms with Crippen molar-refractivity contribution in [3.8, 4) is 0 Å². The zero-order valence-corrected chi connectivity index (χ0v) is 11.7. The summed E-state index contributed by atoms with van der Waals surface area (Å²) in [6.45, 7) is 0. The van der Waals surface area contributed by atoms with Gasteiger partial charge in [-0.25, -0.2) is 0 Å². The van der Waals surface area contributed by atoms with Gasteiger partial charge in [0.2, 0.25) is 0 Å². The van der Waals surface area contributed by atoms with E-state index in [-0.39, 0.29) is 23.4 Å². The smallest absolute Gasteiger partial charge is 0.166 e. The van der Waals surface area contributed by atoms with Crippen molar-refractivity contribution in [2.24, 2.45) is 11.8 Å². The number of Topliss-reactive ketones (excluding diaryl/α,β-unsaturated/α-hetero) is 2. The molecule has 0 spiro atoms. The van der Waals surface area contributed by atoms with Crippen LogP contribution in [0.3, 0.4) is 0 Å². The molecule has 2 unspecified atom stereocenters. The Morgan fingerprint density at radius 2 is 1.14 bits per heavy atom. The maximum atomic E-state index is 12.5. The molecule has 0 bridgehead atoms. The van der Waals surface area contributed by atoms with Crippen molar-refractivity contribution in [2.45, 2.75) is 19.3 Å². The summed E-state index contributed by atoms with van der Waals surface area (Å²) in [4.78, 5) is 24.9. The fourth-order valence-electron chi connectivity index (χ4n) is 3.76. The van der Waals surface area contributed by atoms with E-state index < -0.39 is 0 Å². The van der Waals surface area contributed by atoms with Gasteiger partial charge in [0.05, 0.1) is 0 Å². The van der Waals surface area contributed by atoms with Crippen LogP contribution in [0.2, 0.25) is 0 Å². The quantitative estimate of drug-likeness (QED) is 0.841. The van der Waals surface area contributed by atoms with Crippen LogP contribution in [0.5, 0.6) is 0 Å². The molecule has 0 aliphatic heterocycles. The van der Waals surface area contributed by atoms with Gasteiger partial charge in [-0.05, 0) is 30.4 Å². The number of benzene rings is 2. The molecule has 4 rings (SSSR count).